The highest BCUT2D eigenvalue weighted by Gasteiger charge is 2.55. The highest BCUT2D eigenvalue weighted by atomic mass is 32.1. The predicted molar refractivity (Wildman–Crippen MR) is 77.2 cm³/mol. The van der Waals surface area contributed by atoms with Crippen molar-refractivity contribution >= 4 is 23.1 Å². The third-order valence-electron chi connectivity index (χ3n) is 5.00. The van der Waals surface area contributed by atoms with Crippen molar-refractivity contribution in [3.63, 3.8) is 0 Å². The van der Waals surface area contributed by atoms with Gasteiger partial charge in [0.2, 0.25) is 5.91 Å². The molecule has 2 atom stereocenters. The normalized spacial score (nSPS) is 30.4. The van der Waals surface area contributed by atoms with E-state index in [1.807, 2.05) is 13.8 Å². The fraction of sp³-hybridized carbons (Fsp3) is 0.857. The zero-order valence-electron chi connectivity index (χ0n) is 11.4. The van der Waals surface area contributed by atoms with Crippen LogP contribution >= 0.6 is 12.2 Å². The van der Waals surface area contributed by atoms with E-state index in [0.29, 0.717) is 16.8 Å². The Morgan fingerprint density at radius 3 is 2.17 bits per heavy atom. The zero-order valence-corrected chi connectivity index (χ0v) is 12.2. The van der Waals surface area contributed by atoms with Gasteiger partial charge in [-0.1, -0.05) is 38.9 Å². The van der Waals surface area contributed by atoms with Crippen LogP contribution < -0.4 is 11.1 Å². The van der Waals surface area contributed by atoms with Gasteiger partial charge >= 0.3 is 0 Å². The fourth-order valence-corrected chi connectivity index (χ4v) is 3.88. The van der Waals surface area contributed by atoms with E-state index < -0.39 is 5.54 Å². The smallest absolute Gasteiger partial charge is 0.224 e. The fourth-order valence-electron chi connectivity index (χ4n) is 3.54. The molecule has 1 amide bonds. The molecule has 0 aromatic heterocycles. The molecule has 0 aromatic carbocycles. The summed E-state index contributed by atoms with van der Waals surface area (Å²) >= 11 is 5.14. The minimum absolute atomic E-state index is 0.184. The molecule has 0 spiro atoms. The van der Waals surface area contributed by atoms with Crippen LogP contribution in [-0.4, -0.2) is 16.4 Å². The van der Waals surface area contributed by atoms with Crippen LogP contribution in [0, 0.1) is 17.8 Å². The first kappa shape index (κ1) is 13.8. The second-order valence-corrected chi connectivity index (χ2v) is 6.22. The summed E-state index contributed by atoms with van der Waals surface area (Å²) in [6.45, 7) is 4.06. The van der Waals surface area contributed by atoms with E-state index in [9.17, 15) is 4.79 Å². The van der Waals surface area contributed by atoms with Gasteiger partial charge in [-0.05, 0) is 37.5 Å². The first-order valence-electron chi connectivity index (χ1n) is 7.17. The summed E-state index contributed by atoms with van der Waals surface area (Å²) in [6, 6.07) is 0. The molecule has 0 aliphatic heterocycles. The molecule has 102 valence electrons. The third-order valence-corrected chi connectivity index (χ3v) is 5.39. The number of carbonyl (C=O) groups excluding carboxylic acids is 1. The zero-order chi connectivity index (χ0) is 13.3. The number of nitrogens with one attached hydrogen (secondary N) is 1. The molecule has 0 saturated heterocycles. The number of amides is 1. The molecule has 3 N–H and O–H groups in total. The third kappa shape index (κ3) is 2.27. The summed E-state index contributed by atoms with van der Waals surface area (Å²) < 4.78 is 0. The molecular weight excluding hydrogens is 244 g/mol. The monoisotopic (exact) mass is 268 g/mol. The Bertz CT molecular complexity index is 340. The van der Waals surface area contributed by atoms with Gasteiger partial charge in [0.05, 0.1) is 10.5 Å². The van der Waals surface area contributed by atoms with Crippen LogP contribution in [0.2, 0.25) is 0 Å². The molecule has 2 unspecified atom stereocenters. The lowest BCUT2D eigenvalue weighted by Crippen LogP contribution is -2.56. The summed E-state index contributed by atoms with van der Waals surface area (Å²) in [7, 11) is 0. The van der Waals surface area contributed by atoms with E-state index in [1.54, 1.807) is 0 Å². The van der Waals surface area contributed by atoms with Crippen LogP contribution in [0.1, 0.15) is 52.4 Å². The second kappa shape index (κ2) is 5.16. The van der Waals surface area contributed by atoms with Crippen molar-refractivity contribution in [2.24, 2.45) is 23.5 Å². The number of hydrogen-bond acceptors (Lipinski definition) is 2. The van der Waals surface area contributed by atoms with Crippen LogP contribution in [0.15, 0.2) is 0 Å². The minimum Gasteiger partial charge on any atom is -0.391 e. The molecule has 0 radical (unpaired) electrons. The maximum absolute atomic E-state index is 12.4. The molecular formula is C14H24N2OS. The van der Waals surface area contributed by atoms with Crippen molar-refractivity contribution in [1.82, 2.24) is 5.32 Å². The van der Waals surface area contributed by atoms with Crippen molar-refractivity contribution in [2.45, 2.75) is 57.9 Å². The Hall–Kier alpha value is -0.640. The Balaban J connectivity index is 2.00. The van der Waals surface area contributed by atoms with Gasteiger partial charge in [0.15, 0.2) is 0 Å². The van der Waals surface area contributed by atoms with Gasteiger partial charge in [-0.3, -0.25) is 4.79 Å². The van der Waals surface area contributed by atoms with Crippen LogP contribution in [0.4, 0.5) is 0 Å². The highest BCUT2D eigenvalue weighted by Crippen LogP contribution is 2.55. The van der Waals surface area contributed by atoms with Gasteiger partial charge in [0, 0.05) is 5.92 Å². The topological polar surface area (TPSA) is 55.1 Å². The predicted octanol–water partition coefficient (Wildman–Crippen LogP) is 2.38. The number of hydrogen-bond donors (Lipinski definition) is 2. The summed E-state index contributed by atoms with van der Waals surface area (Å²) in [5.41, 5.74) is 5.35. The number of nitrogens with two attached hydrogens (primary N) is 1. The Labute approximate surface area is 115 Å². The minimum atomic E-state index is -0.474. The van der Waals surface area contributed by atoms with Gasteiger partial charge in [-0.15, -0.1) is 0 Å². The summed E-state index contributed by atoms with van der Waals surface area (Å²) in [5.74, 6) is 1.69. The molecule has 2 aliphatic rings. The van der Waals surface area contributed by atoms with Crippen LogP contribution in [-0.2, 0) is 4.79 Å². The SMILES string of the molecule is CCC(CC)(NC(=O)C1C2CCCCC21)C(N)=S. The number of fused-ring (bicyclic) bond motifs is 1. The first-order chi connectivity index (χ1) is 8.55. The van der Waals surface area contributed by atoms with E-state index in [-0.39, 0.29) is 11.8 Å². The molecule has 2 saturated carbocycles. The van der Waals surface area contributed by atoms with E-state index in [1.165, 1.54) is 25.7 Å². The van der Waals surface area contributed by atoms with Crippen LogP contribution in [0.25, 0.3) is 0 Å². The lowest BCUT2D eigenvalue weighted by Gasteiger charge is -2.31. The van der Waals surface area contributed by atoms with E-state index in [2.05, 4.69) is 5.32 Å². The molecule has 2 aliphatic carbocycles. The highest BCUT2D eigenvalue weighted by molar-refractivity contribution is 7.80. The largest absolute Gasteiger partial charge is 0.391 e. The maximum Gasteiger partial charge on any atom is 0.224 e. The van der Waals surface area contributed by atoms with Crippen molar-refractivity contribution in [1.29, 1.82) is 0 Å². The van der Waals surface area contributed by atoms with Crippen LogP contribution in [0.5, 0.6) is 0 Å². The van der Waals surface area contributed by atoms with E-state index in [4.69, 9.17) is 18.0 Å². The second-order valence-electron chi connectivity index (χ2n) is 5.78. The lowest BCUT2D eigenvalue weighted by atomic mass is 9.92. The van der Waals surface area contributed by atoms with E-state index in [0.717, 1.165) is 12.8 Å². The molecule has 0 heterocycles. The summed E-state index contributed by atoms with van der Waals surface area (Å²) in [4.78, 5) is 12.8. The molecule has 2 rings (SSSR count). The van der Waals surface area contributed by atoms with Gasteiger partial charge < -0.3 is 11.1 Å². The standard InChI is InChI=1S/C14H24N2OS/c1-3-14(4-2,13(15)18)16-12(17)11-9-7-5-6-8-10(9)11/h9-11H,3-8H2,1-2H3,(H2,15,18)(H,16,17). The van der Waals surface area contributed by atoms with Gasteiger partial charge in [-0.2, -0.15) is 0 Å². The number of rotatable bonds is 5. The van der Waals surface area contributed by atoms with Gasteiger partial charge in [0.1, 0.15) is 0 Å². The van der Waals surface area contributed by atoms with Crippen LogP contribution in [0.3, 0.4) is 0 Å². The average Bonchev–Trinajstić information content (AvgIpc) is 3.09. The summed E-state index contributed by atoms with van der Waals surface area (Å²) in [6.07, 6.45) is 6.56. The van der Waals surface area contributed by atoms with Crippen molar-refractivity contribution in [3.05, 3.63) is 0 Å². The van der Waals surface area contributed by atoms with Crippen molar-refractivity contribution in [2.75, 3.05) is 0 Å². The molecule has 3 nitrogen and oxygen atoms in total. The Morgan fingerprint density at radius 1 is 1.28 bits per heavy atom. The number of thiocarbonyl (C=S) groups is 1. The molecule has 2 fully saturated rings. The number of carbonyl (C=O) groups is 1. The summed E-state index contributed by atoms with van der Waals surface area (Å²) in [5, 5.41) is 3.14. The van der Waals surface area contributed by atoms with Gasteiger partial charge in [0.25, 0.3) is 0 Å². The van der Waals surface area contributed by atoms with Gasteiger partial charge in [-0.25, -0.2) is 0 Å². The maximum atomic E-state index is 12.4. The molecule has 4 heteroatoms. The quantitative estimate of drug-likeness (QED) is 0.753. The molecule has 0 bridgehead atoms. The molecule has 18 heavy (non-hydrogen) atoms. The first-order valence-corrected chi connectivity index (χ1v) is 7.58. The average molecular weight is 268 g/mol. The Kier molecular flexibility index (Phi) is 3.95. The lowest BCUT2D eigenvalue weighted by molar-refractivity contribution is -0.124. The molecule has 0 aromatic rings. The van der Waals surface area contributed by atoms with E-state index >= 15 is 0 Å². The Morgan fingerprint density at radius 2 is 1.78 bits per heavy atom. The van der Waals surface area contributed by atoms with Crippen molar-refractivity contribution < 1.29 is 4.79 Å². The van der Waals surface area contributed by atoms with Crippen molar-refractivity contribution in [3.8, 4) is 0 Å².